The average molecular weight is 254 g/mol. The molecule has 3 heteroatoms. The number of rotatable bonds is 6. The van der Waals surface area contributed by atoms with Gasteiger partial charge >= 0.3 is 0 Å². The second-order valence-corrected chi connectivity index (χ2v) is 6.85. The third kappa shape index (κ3) is 4.40. The molecule has 98 valence electrons. The van der Waals surface area contributed by atoms with E-state index in [1.54, 1.807) is 11.3 Å². The lowest BCUT2D eigenvalue weighted by Gasteiger charge is -2.34. The molecule has 0 saturated heterocycles. The van der Waals surface area contributed by atoms with Crippen molar-refractivity contribution in [3.63, 3.8) is 0 Å². The second-order valence-electron chi connectivity index (χ2n) is 5.90. The molecule has 0 aliphatic heterocycles. The number of hydrogen-bond acceptors (Lipinski definition) is 3. The van der Waals surface area contributed by atoms with E-state index in [-0.39, 0.29) is 5.41 Å². The van der Waals surface area contributed by atoms with Gasteiger partial charge in [0.2, 0.25) is 0 Å². The van der Waals surface area contributed by atoms with Crippen LogP contribution in [0.4, 0.5) is 0 Å². The van der Waals surface area contributed by atoms with Crippen molar-refractivity contribution < 1.29 is 0 Å². The predicted molar refractivity (Wildman–Crippen MR) is 76.6 cm³/mol. The minimum absolute atomic E-state index is 0.286. The fraction of sp³-hybridized carbons (Fsp3) is 0.786. The molecule has 1 aromatic heterocycles. The summed E-state index contributed by atoms with van der Waals surface area (Å²) in [5.41, 5.74) is 1.43. The number of aromatic nitrogens is 1. The fourth-order valence-corrected chi connectivity index (χ4v) is 2.71. The summed E-state index contributed by atoms with van der Waals surface area (Å²) in [6.45, 7) is 14.5. The lowest BCUT2D eigenvalue weighted by Crippen LogP contribution is -2.40. The molecule has 1 unspecified atom stereocenters. The van der Waals surface area contributed by atoms with Crippen LogP contribution >= 0.6 is 11.3 Å². The zero-order chi connectivity index (χ0) is 13.1. The van der Waals surface area contributed by atoms with E-state index in [9.17, 15) is 0 Å². The summed E-state index contributed by atoms with van der Waals surface area (Å²) in [5.74, 6) is 0.651. The van der Waals surface area contributed by atoms with Gasteiger partial charge in [-0.1, -0.05) is 34.6 Å². The Bertz CT molecular complexity index is 344. The summed E-state index contributed by atoms with van der Waals surface area (Å²) >= 11 is 1.79. The quantitative estimate of drug-likeness (QED) is 0.838. The van der Waals surface area contributed by atoms with Crippen molar-refractivity contribution in [1.29, 1.82) is 0 Å². The van der Waals surface area contributed by atoms with Crippen LogP contribution in [0.2, 0.25) is 0 Å². The first-order valence-corrected chi connectivity index (χ1v) is 7.36. The van der Waals surface area contributed by atoms with Crippen LogP contribution in [-0.4, -0.2) is 17.6 Å². The molecule has 0 aromatic carbocycles. The maximum absolute atomic E-state index is 4.60. The van der Waals surface area contributed by atoms with Crippen LogP contribution in [-0.2, 0) is 6.42 Å². The maximum atomic E-state index is 4.60. The highest BCUT2D eigenvalue weighted by Crippen LogP contribution is 2.31. The number of thiazole rings is 1. The van der Waals surface area contributed by atoms with Gasteiger partial charge in [-0.2, -0.15) is 0 Å². The van der Waals surface area contributed by atoms with E-state index in [0.29, 0.717) is 12.0 Å². The monoisotopic (exact) mass is 254 g/mol. The van der Waals surface area contributed by atoms with Gasteiger partial charge in [0.05, 0.1) is 5.01 Å². The number of nitrogens with one attached hydrogen (secondary N) is 1. The topological polar surface area (TPSA) is 24.9 Å². The normalized spacial score (nSPS) is 15.5. The van der Waals surface area contributed by atoms with Crippen molar-refractivity contribution in [3.05, 3.63) is 16.1 Å². The molecule has 17 heavy (non-hydrogen) atoms. The van der Waals surface area contributed by atoms with Gasteiger partial charge in [0.25, 0.3) is 0 Å². The molecule has 1 heterocycles. The smallest absolute Gasteiger partial charge is 0.0934 e. The van der Waals surface area contributed by atoms with E-state index >= 15 is 0 Å². The van der Waals surface area contributed by atoms with E-state index in [2.05, 4.69) is 57.2 Å². The Morgan fingerprint density at radius 1 is 1.35 bits per heavy atom. The summed E-state index contributed by atoms with van der Waals surface area (Å²) in [5, 5.41) is 6.98. The summed E-state index contributed by atoms with van der Waals surface area (Å²) < 4.78 is 0. The van der Waals surface area contributed by atoms with Crippen LogP contribution < -0.4 is 5.32 Å². The highest BCUT2D eigenvalue weighted by molar-refractivity contribution is 7.09. The number of nitrogens with zero attached hydrogens (tertiary/aromatic N) is 1. The Morgan fingerprint density at radius 3 is 2.41 bits per heavy atom. The highest BCUT2D eigenvalue weighted by atomic mass is 32.1. The summed E-state index contributed by atoms with van der Waals surface area (Å²) in [6.07, 6.45) is 1.07. The summed E-state index contributed by atoms with van der Waals surface area (Å²) in [4.78, 5) is 4.60. The molecule has 1 aromatic rings. The van der Waals surface area contributed by atoms with Gasteiger partial charge < -0.3 is 5.32 Å². The first-order chi connectivity index (χ1) is 7.83. The number of aryl methyl sites for hydroxylation is 1. The summed E-state index contributed by atoms with van der Waals surface area (Å²) in [7, 11) is 0. The third-order valence-corrected chi connectivity index (χ3v) is 4.50. The van der Waals surface area contributed by atoms with Crippen molar-refractivity contribution in [2.75, 3.05) is 6.54 Å². The van der Waals surface area contributed by atoms with Gasteiger partial charge in [0.1, 0.15) is 0 Å². The molecule has 0 aliphatic rings. The van der Waals surface area contributed by atoms with Crippen LogP contribution in [0.1, 0.15) is 45.3 Å². The molecule has 0 amide bonds. The lowest BCUT2D eigenvalue weighted by molar-refractivity contribution is 0.202. The molecule has 1 rings (SSSR count). The predicted octanol–water partition coefficient (Wildman–Crippen LogP) is 3.65. The van der Waals surface area contributed by atoms with E-state index in [1.807, 2.05) is 0 Å². The molecule has 0 radical (unpaired) electrons. The van der Waals surface area contributed by atoms with Crippen molar-refractivity contribution in [3.8, 4) is 0 Å². The minimum Gasteiger partial charge on any atom is -0.314 e. The van der Waals surface area contributed by atoms with Crippen LogP contribution in [0.5, 0.6) is 0 Å². The average Bonchev–Trinajstić information content (AvgIpc) is 2.60. The SMILES string of the molecule is Cc1csc(CC(C)(CNC(C)C)C(C)C)n1. The van der Waals surface area contributed by atoms with Crippen LogP contribution in [0, 0.1) is 18.3 Å². The lowest BCUT2D eigenvalue weighted by atomic mass is 9.76. The first-order valence-electron chi connectivity index (χ1n) is 6.48. The van der Waals surface area contributed by atoms with Crippen LogP contribution in [0.3, 0.4) is 0 Å². The molecule has 0 spiro atoms. The Morgan fingerprint density at radius 2 is 2.00 bits per heavy atom. The molecular weight excluding hydrogens is 228 g/mol. The van der Waals surface area contributed by atoms with Gasteiger partial charge in [-0.05, 0) is 18.3 Å². The van der Waals surface area contributed by atoms with Gasteiger partial charge in [-0.15, -0.1) is 11.3 Å². The van der Waals surface area contributed by atoms with Crippen LogP contribution in [0.25, 0.3) is 0 Å². The number of hydrogen-bond donors (Lipinski definition) is 1. The van der Waals surface area contributed by atoms with Crippen molar-refractivity contribution in [2.45, 2.75) is 54.0 Å². The van der Waals surface area contributed by atoms with E-state index < -0.39 is 0 Å². The third-order valence-electron chi connectivity index (χ3n) is 3.53. The molecule has 0 fully saturated rings. The van der Waals surface area contributed by atoms with E-state index in [0.717, 1.165) is 18.7 Å². The van der Waals surface area contributed by atoms with Gasteiger partial charge in [-0.3, -0.25) is 0 Å². The zero-order valence-electron chi connectivity index (χ0n) is 12.0. The van der Waals surface area contributed by atoms with E-state index in [4.69, 9.17) is 0 Å². The Hall–Kier alpha value is -0.410. The van der Waals surface area contributed by atoms with Gasteiger partial charge in [-0.25, -0.2) is 4.98 Å². The molecule has 1 atom stereocenters. The molecule has 2 nitrogen and oxygen atoms in total. The minimum atomic E-state index is 0.286. The molecule has 0 bridgehead atoms. The molecular formula is C14H26N2S. The van der Waals surface area contributed by atoms with Gasteiger partial charge in [0, 0.05) is 30.1 Å². The Balaban J connectivity index is 2.70. The van der Waals surface area contributed by atoms with Crippen LogP contribution in [0.15, 0.2) is 5.38 Å². The van der Waals surface area contributed by atoms with E-state index in [1.165, 1.54) is 5.01 Å². The molecule has 0 aliphatic carbocycles. The molecule has 1 N–H and O–H groups in total. The first kappa shape index (κ1) is 14.7. The second kappa shape index (κ2) is 5.96. The molecule has 0 saturated carbocycles. The highest BCUT2D eigenvalue weighted by Gasteiger charge is 2.29. The summed E-state index contributed by atoms with van der Waals surface area (Å²) in [6, 6.07) is 0.547. The van der Waals surface area contributed by atoms with Crippen molar-refractivity contribution >= 4 is 11.3 Å². The maximum Gasteiger partial charge on any atom is 0.0934 e. The Labute approximate surface area is 110 Å². The standard InChI is InChI=1S/C14H26N2S/c1-10(2)14(6,9-15-11(3)4)7-13-16-12(5)8-17-13/h8,10-11,15H,7,9H2,1-6H3. The zero-order valence-corrected chi connectivity index (χ0v) is 12.8. The van der Waals surface area contributed by atoms with Crippen molar-refractivity contribution in [2.24, 2.45) is 11.3 Å². The van der Waals surface area contributed by atoms with Gasteiger partial charge in [0.15, 0.2) is 0 Å². The fourth-order valence-electron chi connectivity index (χ4n) is 1.74. The largest absolute Gasteiger partial charge is 0.314 e. The van der Waals surface area contributed by atoms with Crippen molar-refractivity contribution in [1.82, 2.24) is 10.3 Å². The Kier molecular flexibility index (Phi) is 5.14.